The van der Waals surface area contributed by atoms with Gasteiger partial charge in [0.2, 0.25) is 0 Å². The zero-order chi connectivity index (χ0) is 16.3. The van der Waals surface area contributed by atoms with Gasteiger partial charge in [-0.2, -0.15) is 0 Å². The van der Waals surface area contributed by atoms with E-state index >= 15 is 0 Å². The lowest BCUT2D eigenvalue weighted by Gasteiger charge is -2.19. The van der Waals surface area contributed by atoms with E-state index in [1.54, 1.807) is 0 Å². The smallest absolute Gasteiger partial charge is 0.255 e. The van der Waals surface area contributed by atoms with E-state index in [1.807, 2.05) is 30.3 Å². The number of ether oxygens (including phenoxy) is 2. The Morgan fingerprint density at radius 1 is 1.04 bits per heavy atom. The van der Waals surface area contributed by atoms with Gasteiger partial charge in [-0.05, 0) is 11.6 Å². The zero-order valence-electron chi connectivity index (χ0n) is 12.0. The molecule has 120 valence electrons. The number of halogens is 1. The number of anilines is 1. The van der Waals surface area contributed by atoms with Crippen molar-refractivity contribution in [2.24, 2.45) is 0 Å². The van der Waals surface area contributed by atoms with Gasteiger partial charge in [0.25, 0.3) is 10.0 Å². The molecule has 0 aliphatic carbocycles. The molecular weight excluding hydrogens is 338 g/mol. The van der Waals surface area contributed by atoms with Crippen LogP contribution in [0.25, 0.3) is 6.08 Å². The highest BCUT2D eigenvalue weighted by atomic mass is 35.5. The van der Waals surface area contributed by atoms with Crippen molar-refractivity contribution >= 4 is 33.4 Å². The Labute approximate surface area is 139 Å². The molecule has 1 aliphatic rings. The highest BCUT2D eigenvalue weighted by Crippen LogP contribution is 2.38. The van der Waals surface area contributed by atoms with Crippen LogP contribution in [0.5, 0.6) is 11.5 Å². The molecule has 0 radical (unpaired) electrons. The van der Waals surface area contributed by atoms with Crippen LogP contribution in [-0.2, 0) is 10.0 Å². The molecule has 5 nitrogen and oxygen atoms in total. The zero-order valence-corrected chi connectivity index (χ0v) is 13.6. The van der Waals surface area contributed by atoms with Gasteiger partial charge in [-0.1, -0.05) is 41.9 Å². The Hall–Kier alpha value is -2.18. The lowest BCUT2D eigenvalue weighted by atomic mass is 10.2. The number of rotatable bonds is 4. The Kier molecular flexibility index (Phi) is 4.45. The van der Waals surface area contributed by atoms with Crippen LogP contribution in [0.3, 0.4) is 0 Å². The quantitative estimate of drug-likeness (QED) is 0.915. The van der Waals surface area contributed by atoms with Gasteiger partial charge in [0.1, 0.15) is 13.2 Å². The second-order valence-electron chi connectivity index (χ2n) is 4.84. The Morgan fingerprint density at radius 2 is 1.70 bits per heavy atom. The average Bonchev–Trinajstić information content (AvgIpc) is 2.55. The molecule has 7 heteroatoms. The predicted octanol–water partition coefficient (Wildman–Crippen LogP) is 3.52. The first-order valence-corrected chi connectivity index (χ1v) is 8.81. The van der Waals surface area contributed by atoms with Crippen LogP contribution >= 0.6 is 11.6 Å². The fourth-order valence-electron chi connectivity index (χ4n) is 2.06. The van der Waals surface area contributed by atoms with E-state index in [0.717, 1.165) is 11.0 Å². The first-order valence-electron chi connectivity index (χ1n) is 6.89. The summed E-state index contributed by atoms with van der Waals surface area (Å²) < 4.78 is 37.6. The first kappa shape index (κ1) is 15.7. The van der Waals surface area contributed by atoms with Crippen molar-refractivity contribution in [2.45, 2.75) is 0 Å². The fraction of sp³-hybridized carbons (Fsp3) is 0.125. The molecule has 2 aromatic carbocycles. The van der Waals surface area contributed by atoms with Gasteiger partial charge in [-0.3, -0.25) is 4.72 Å². The minimum atomic E-state index is -3.69. The molecule has 0 atom stereocenters. The van der Waals surface area contributed by atoms with E-state index in [-0.39, 0.29) is 10.7 Å². The van der Waals surface area contributed by atoms with Crippen LogP contribution in [-0.4, -0.2) is 21.6 Å². The molecule has 3 rings (SSSR count). The van der Waals surface area contributed by atoms with Crippen LogP contribution in [0.1, 0.15) is 5.56 Å². The third kappa shape index (κ3) is 3.97. The standard InChI is InChI=1S/C16H14ClNO4S/c17-13-10-15-16(22-8-7-21-15)11-14(13)18-23(19,20)9-6-12-4-2-1-3-5-12/h1-6,9-11,18H,7-8H2/b9-6+. The van der Waals surface area contributed by atoms with Crippen molar-refractivity contribution in [3.63, 3.8) is 0 Å². The summed E-state index contributed by atoms with van der Waals surface area (Å²) >= 11 is 6.10. The van der Waals surface area contributed by atoms with Gasteiger partial charge in [-0.25, -0.2) is 8.42 Å². The van der Waals surface area contributed by atoms with Crippen molar-refractivity contribution in [1.82, 2.24) is 0 Å². The summed E-state index contributed by atoms with van der Waals surface area (Å²) in [6, 6.07) is 12.2. The summed E-state index contributed by atoms with van der Waals surface area (Å²) in [5, 5.41) is 1.33. The largest absolute Gasteiger partial charge is 0.486 e. The molecule has 1 heterocycles. The number of nitrogens with one attached hydrogen (secondary N) is 1. The topological polar surface area (TPSA) is 64.6 Å². The minimum absolute atomic E-state index is 0.242. The molecule has 2 aromatic rings. The first-order chi connectivity index (χ1) is 11.0. The number of hydrogen-bond acceptors (Lipinski definition) is 4. The maximum atomic E-state index is 12.2. The normalized spacial score (nSPS) is 14.0. The van der Waals surface area contributed by atoms with E-state index in [4.69, 9.17) is 21.1 Å². The summed E-state index contributed by atoms with van der Waals surface area (Å²) in [5.41, 5.74) is 1.03. The lowest BCUT2D eigenvalue weighted by Crippen LogP contribution is -2.16. The summed E-state index contributed by atoms with van der Waals surface area (Å²) in [5.74, 6) is 0.967. The number of benzene rings is 2. The number of hydrogen-bond donors (Lipinski definition) is 1. The van der Waals surface area contributed by atoms with Crippen LogP contribution in [0.2, 0.25) is 5.02 Å². The van der Waals surface area contributed by atoms with Crippen molar-refractivity contribution in [2.75, 3.05) is 17.9 Å². The van der Waals surface area contributed by atoms with E-state index in [2.05, 4.69) is 4.72 Å². The summed E-state index contributed by atoms with van der Waals surface area (Å²) in [7, 11) is -3.69. The molecular formula is C16H14ClNO4S. The van der Waals surface area contributed by atoms with Gasteiger partial charge in [0.15, 0.2) is 11.5 Å². The summed E-state index contributed by atoms with van der Waals surface area (Å²) in [6.45, 7) is 0.850. The van der Waals surface area contributed by atoms with Gasteiger partial charge in [0, 0.05) is 12.1 Å². The predicted molar refractivity (Wildman–Crippen MR) is 90.5 cm³/mol. The molecule has 23 heavy (non-hydrogen) atoms. The average molecular weight is 352 g/mol. The molecule has 0 aromatic heterocycles. The number of fused-ring (bicyclic) bond motifs is 1. The number of sulfonamides is 1. The third-order valence-electron chi connectivity index (χ3n) is 3.12. The van der Waals surface area contributed by atoms with Crippen LogP contribution < -0.4 is 14.2 Å². The molecule has 0 saturated heterocycles. The molecule has 0 amide bonds. The Bertz CT molecular complexity index is 835. The van der Waals surface area contributed by atoms with E-state index in [1.165, 1.54) is 18.2 Å². The monoisotopic (exact) mass is 351 g/mol. The molecule has 0 saturated carbocycles. The maximum absolute atomic E-state index is 12.2. The molecule has 0 bridgehead atoms. The summed E-state index contributed by atoms with van der Waals surface area (Å²) in [4.78, 5) is 0. The van der Waals surface area contributed by atoms with Gasteiger partial charge < -0.3 is 9.47 Å². The highest BCUT2D eigenvalue weighted by molar-refractivity contribution is 7.95. The Morgan fingerprint density at radius 3 is 2.39 bits per heavy atom. The highest BCUT2D eigenvalue weighted by Gasteiger charge is 2.17. The van der Waals surface area contributed by atoms with Gasteiger partial charge >= 0.3 is 0 Å². The Balaban J connectivity index is 1.82. The molecule has 1 N–H and O–H groups in total. The van der Waals surface area contributed by atoms with E-state index in [9.17, 15) is 8.42 Å². The third-order valence-corrected chi connectivity index (χ3v) is 4.43. The SMILES string of the molecule is O=S(=O)(/C=C/c1ccccc1)Nc1cc2c(cc1Cl)OCCO2. The molecule has 0 spiro atoms. The van der Waals surface area contributed by atoms with Crippen molar-refractivity contribution in [1.29, 1.82) is 0 Å². The maximum Gasteiger partial charge on any atom is 0.255 e. The van der Waals surface area contributed by atoms with Crippen LogP contribution in [0.4, 0.5) is 5.69 Å². The van der Waals surface area contributed by atoms with Crippen LogP contribution in [0, 0.1) is 0 Å². The second kappa shape index (κ2) is 6.52. The summed E-state index contributed by atoms with van der Waals surface area (Å²) in [6.07, 6.45) is 1.51. The second-order valence-corrected chi connectivity index (χ2v) is 6.81. The lowest BCUT2D eigenvalue weighted by molar-refractivity contribution is 0.171. The molecule has 1 aliphatic heterocycles. The van der Waals surface area contributed by atoms with Gasteiger partial charge in [-0.15, -0.1) is 0 Å². The van der Waals surface area contributed by atoms with Crippen molar-refractivity contribution < 1.29 is 17.9 Å². The minimum Gasteiger partial charge on any atom is -0.486 e. The van der Waals surface area contributed by atoms with Crippen LogP contribution in [0.15, 0.2) is 47.9 Å². The fourth-order valence-corrected chi connectivity index (χ4v) is 3.20. The van der Waals surface area contributed by atoms with Gasteiger partial charge in [0.05, 0.1) is 16.1 Å². The molecule has 0 fully saturated rings. The van der Waals surface area contributed by atoms with Crippen molar-refractivity contribution in [3.05, 3.63) is 58.5 Å². The van der Waals surface area contributed by atoms with E-state index < -0.39 is 10.0 Å². The van der Waals surface area contributed by atoms with E-state index in [0.29, 0.717) is 24.7 Å². The molecule has 0 unspecified atom stereocenters. The van der Waals surface area contributed by atoms with Crippen molar-refractivity contribution in [3.8, 4) is 11.5 Å².